The minimum Gasteiger partial charge on any atom is -0.457 e. The summed E-state index contributed by atoms with van der Waals surface area (Å²) in [7, 11) is -3.88. The first-order valence-corrected chi connectivity index (χ1v) is 11.1. The fourth-order valence-electron chi connectivity index (χ4n) is 2.69. The lowest BCUT2D eigenvalue weighted by molar-refractivity contribution is 0.0940. The van der Waals surface area contributed by atoms with E-state index in [2.05, 4.69) is 10.0 Å². The van der Waals surface area contributed by atoms with Crippen molar-refractivity contribution in [3.05, 3.63) is 84.4 Å². The van der Waals surface area contributed by atoms with Crippen LogP contribution in [0.5, 0.6) is 11.5 Å². The van der Waals surface area contributed by atoms with Gasteiger partial charge in [-0.05, 0) is 61.9 Å². The number of hydrogen-bond acceptors (Lipinski definition) is 4. The van der Waals surface area contributed by atoms with Gasteiger partial charge < -0.3 is 10.1 Å². The molecule has 0 saturated carbocycles. The molecular weight excluding hydrogens is 400 g/mol. The normalized spacial score (nSPS) is 12.1. The first-order chi connectivity index (χ1) is 14.4. The molecule has 1 amide bonds. The predicted octanol–water partition coefficient (Wildman–Crippen LogP) is 4.81. The summed E-state index contributed by atoms with van der Waals surface area (Å²) in [4.78, 5) is 12.6. The summed E-state index contributed by atoms with van der Waals surface area (Å²) in [6.45, 7) is 3.86. The van der Waals surface area contributed by atoms with Crippen molar-refractivity contribution in [2.75, 3.05) is 4.72 Å². The lowest BCUT2D eigenvalue weighted by Gasteiger charge is -2.15. The summed E-state index contributed by atoms with van der Waals surface area (Å²) in [6, 6.07) is 21.8. The predicted molar refractivity (Wildman–Crippen MR) is 117 cm³/mol. The van der Waals surface area contributed by atoms with Gasteiger partial charge >= 0.3 is 0 Å². The molecule has 2 N–H and O–H groups in total. The molecule has 0 aliphatic carbocycles. The Kier molecular flexibility index (Phi) is 6.74. The highest BCUT2D eigenvalue weighted by atomic mass is 32.2. The molecule has 3 rings (SSSR count). The monoisotopic (exact) mass is 424 g/mol. The minimum absolute atomic E-state index is 0.0145. The van der Waals surface area contributed by atoms with Crippen LogP contribution in [-0.2, 0) is 10.0 Å². The Hall–Kier alpha value is -3.32. The molecule has 0 radical (unpaired) electrons. The average molecular weight is 425 g/mol. The molecule has 1 unspecified atom stereocenters. The highest BCUT2D eigenvalue weighted by Gasteiger charge is 2.19. The van der Waals surface area contributed by atoms with Crippen LogP contribution in [0.1, 0.15) is 30.6 Å². The number of benzene rings is 3. The minimum atomic E-state index is -3.88. The van der Waals surface area contributed by atoms with E-state index in [1.807, 2.05) is 44.2 Å². The highest BCUT2D eigenvalue weighted by Crippen LogP contribution is 2.25. The van der Waals surface area contributed by atoms with Crippen LogP contribution in [-0.4, -0.2) is 20.4 Å². The van der Waals surface area contributed by atoms with Crippen LogP contribution in [0.25, 0.3) is 0 Å². The molecule has 0 aliphatic rings. The third-order valence-corrected chi connectivity index (χ3v) is 5.90. The van der Waals surface area contributed by atoms with Crippen LogP contribution in [0, 0.1) is 0 Å². The molecule has 0 aliphatic heterocycles. The molecule has 3 aromatic rings. The second-order valence-electron chi connectivity index (χ2n) is 6.82. The third kappa shape index (κ3) is 5.39. The Labute approximate surface area is 177 Å². The van der Waals surface area contributed by atoms with Gasteiger partial charge in [0.25, 0.3) is 15.9 Å². The molecule has 0 spiro atoms. The zero-order chi connectivity index (χ0) is 21.6. The number of para-hydroxylation sites is 2. The number of carbonyl (C=O) groups excluding carboxylic acids is 1. The Morgan fingerprint density at radius 1 is 0.900 bits per heavy atom. The van der Waals surface area contributed by atoms with E-state index in [1.54, 1.807) is 36.4 Å². The summed E-state index contributed by atoms with van der Waals surface area (Å²) >= 11 is 0. The second kappa shape index (κ2) is 9.45. The number of rotatable bonds is 8. The van der Waals surface area contributed by atoms with Gasteiger partial charge in [0.1, 0.15) is 11.5 Å². The molecule has 0 heterocycles. The number of ether oxygens (including phenoxy) is 1. The molecule has 7 heteroatoms. The standard InChI is InChI=1S/C23H24N2O4S/c1-3-17(2)24-23(26)21-11-7-8-12-22(21)25-30(27,28)20-15-13-19(14-16-20)29-18-9-5-4-6-10-18/h4-17,25H,3H2,1-2H3,(H,24,26). The van der Waals surface area contributed by atoms with Crippen molar-refractivity contribution in [1.29, 1.82) is 0 Å². The fraction of sp³-hybridized carbons (Fsp3) is 0.174. The Morgan fingerprint density at radius 2 is 1.50 bits per heavy atom. The van der Waals surface area contributed by atoms with E-state index < -0.39 is 10.0 Å². The zero-order valence-corrected chi connectivity index (χ0v) is 17.6. The largest absolute Gasteiger partial charge is 0.457 e. The van der Waals surface area contributed by atoms with Gasteiger partial charge in [-0.15, -0.1) is 0 Å². The Balaban J connectivity index is 1.78. The van der Waals surface area contributed by atoms with E-state index in [0.29, 0.717) is 11.5 Å². The topological polar surface area (TPSA) is 84.5 Å². The van der Waals surface area contributed by atoms with E-state index in [4.69, 9.17) is 4.74 Å². The summed E-state index contributed by atoms with van der Waals surface area (Å²) in [5.74, 6) is 0.857. The van der Waals surface area contributed by atoms with Crippen molar-refractivity contribution in [3.8, 4) is 11.5 Å². The molecule has 30 heavy (non-hydrogen) atoms. The van der Waals surface area contributed by atoms with Crippen molar-refractivity contribution >= 4 is 21.6 Å². The van der Waals surface area contributed by atoms with Crippen LogP contribution in [0.2, 0.25) is 0 Å². The maximum atomic E-state index is 12.8. The van der Waals surface area contributed by atoms with Crippen molar-refractivity contribution in [2.24, 2.45) is 0 Å². The SMILES string of the molecule is CCC(C)NC(=O)c1ccccc1NS(=O)(=O)c1ccc(Oc2ccccc2)cc1. The van der Waals surface area contributed by atoms with Gasteiger partial charge in [-0.25, -0.2) is 8.42 Å². The molecule has 156 valence electrons. The summed E-state index contributed by atoms with van der Waals surface area (Å²) in [6.07, 6.45) is 0.775. The van der Waals surface area contributed by atoms with Crippen LogP contribution in [0.3, 0.4) is 0 Å². The first-order valence-electron chi connectivity index (χ1n) is 9.64. The van der Waals surface area contributed by atoms with E-state index in [1.165, 1.54) is 12.1 Å². The molecule has 0 bridgehead atoms. The van der Waals surface area contributed by atoms with Crippen LogP contribution in [0.4, 0.5) is 5.69 Å². The lowest BCUT2D eigenvalue weighted by Crippen LogP contribution is -2.32. The number of anilines is 1. The molecule has 0 fully saturated rings. The van der Waals surface area contributed by atoms with Gasteiger partial charge in [-0.2, -0.15) is 0 Å². The number of sulfonamides is 1. The Bertz CT molecular complexity index is 1100. The summed E-state index contributed by atoms with van der Waals surface area (Å²) < 4.78 is 33.9. The Morgan fingerprint density at radius 3 is 2.17 bits per heavy atom. The van der Waals surface area contributed by atoms with Gasteiger partial charge in [0, 0.05) is 6.04 Å². The van der Waals surface area contributed by atoms with Gasteiger partial charge in [0.05, 0.1) is 16.1 Å². The number of carbonyl (C=O) groups is 1. The van der Waals surface area contributed by atoms with E-state index >= 15 is 0 Å². The summed E-state index contributed by atoms with van der Waals surface area (Å²) in [5, 5.41) is 2.85. The first kappa shape index (κ1) is 21.4. The molecule has 1 atom stereocenters. The quantitative estimate of drug-likeness (QED) is 0.544. The van der Waals surface area contributed by atoms with Crippen molar-refractivity contribution < 1.29 is 17.9 Å². The van der Waals surface area contributed by atoms with E-state index in [9.17, 15) is 13.2 Å². The molecule has 0 saturated heterocycles. The van der Waals surface area contributed by atoms with Gasteiger partial charge in [0.15, 0.2) is 0 Å². The summed E-state index contributed by atoms with van der Waals surface area (Å²) in [5.41, 5.74) is 0.494. The van der Waals surface area contributed by atoms with Crippen molar-refractivity contribution in [3.63, 3.8) is 0 Å². The van der Waals surface area contributed by atoms with Gasteiger partial charge in [-0.1, -0.05) is 37.3 Å². The van der Waals surface area contributed by atoms with Crippen molar-refractivity contribution in [1.82, 2.24) is 5.32 Å². The third-order valence-electron chi connectivity index (χ3n) is 4.52. The van der Waals surface area contributed by atoms with E-state index in [0.717, 1.165) is 6.42 Å². The number of nitrogens with one attached hydrogen (secondary N) is 2. The smallest absolute Gasteiger partial charge is 0.261 e. The maximum Gasteiger partial charge on any atom is 0.261 e. The second-order valence-corrected chi connectivity index (χ2v) is 8.50. The van der Waals surface area contributed by atoms with Crippen LogP contribution in [0.15, 0.2) is 83.8 Å². The number of amides is 1. The maximum absolute atomic E-state index is 12.8. The molecule has 6 nitrogen and oxygen atoms in total. The molecule has 0 aromatic heterocycles. The van der Waals surface area contributed by atoms with Crippen LogP contribution < -0.4 is 14.8 Å². The van der Waals surface area contributed by atoms with Crippen molar-refractivity contribution in [2.45, 2.75) is 31.2 Å². The van der Waals surface area contributed by atoms with Gasteiger partial charge in [-0.3, -0.25) is 9.52 Å². The van der Waals surface area contributed by atoms with Crippen LogP contribution >= 0.6 is 0 Å². The number of hydrogen-bond donors (Lipinski definition) is 2. The van der Waals surface area contributed by atoms with E-state index in [-0.39, 0.29) is 28.1 Å². The lowest BCUT2D eigenvalue weighted by atomic mass is 10.1. The highest BCUT2D eigenvalue weighted by molar-refractivity contribution is 7.92. The fourth-order valence-corrected chi connectivity index (χ4v) is 3.77. The average Bonchev–Trinajstić information content (AvgIpc) is 2.75. The van der Waals surface area contributed by atoms with Gasteiger partial charge in [0.2, 0.25) is 0 Å². The molecular formula is C23H24N2O4S. The molecule has 3 aromatic carbocycles. The zero-order valence-electron chi connectivity index (χ0n) is 16.8.